The summed E-state index contributed by atoms with van der Waals surface area (Å²) in [5.74, 6) is 2.52. The van der Waals surface area contributed by atoms with E-state index in [9.17, 15) is 4.79 Å². The van der Waals surface area contributed by atoms with Crippen LogP contribution in [0.3, 0.4) is 0 Å². The van der Waals surface area contributed by atoms with E-state index in [1.807, 2.05) is 45.0 Å². The number of hydrogen-bond acceptors (Lipinski definition) is 3. The number of amides is 1. The van der Waals surface area contributed by atoms with E-state index < -0.39 is 5.60 Å². The van der Waals surface area contributed by atoms with Gasteiger partial charge in [0.1, 0.15) is 5.60 Å². The second kappa shape index (κ2) is 6.85. The maximum atomic E-state index is 11.9. The molecule has 0 fully saturated rings. The maximum Gasteiger partial charge on any atom is 0.410 e. The highest BCUT2D eigenvalue weighted by molar-refractivity contribution is 5.67. The lowest BCUT2D eigenvalue weighted by molar-refractivity contribution is 0.0285. The predicted molar refractivity (Wildman–Crippen MR) is 81.5 cm³/mol. The average Bonchev–Trinajstić information content (AvgIpc) is 2.34. The van der Waals surface area contributed by atoms with Gasteiger partial charge in [-0.2, -0.15) is 0 Å². The minimum atomic E-state index is -0.485. The Bertz CT molecular complexity index is 498. The minimum Gasteiger partial charge on any atom is -0.444 e. The number of carbonyl (C=O) groups excluding carboxylic acids is 1. The maximum absolute atomic E-state index is 11.9. The molecule has 1 N–H and O–H groups in total. The Morgan fingerprint density at radius 1 is 1.45 bits per heavy atom. The summed E-state index contributed by atoms with van der Waals surface area (Å²) in [6.45, 7) is 6.52. The topological polar surface area (TPSA) is 41.6 Å². The molecule has 0 unspecified atom stereocenters. The Labute approximate surface area is 121 Å². The van der Waals surface area contributed by atoms with Crippen molar-refractivity contribution in [2.45, 2.75) is 32.9 Å². The van der Waals surface area contributed by atoms with Crippen molar-refractivity contribution < 1.29 is 9.53 Å². The van der Waals surface area contributed by atoms with Crippen LogP contribution < -0.4 is 5.32 Å². The molecule has 1 aromatic carbocycles. The predicted octanol–water partition coefficient (Wildman–Crippen LogP) is 3.10. The van der Waals surface area contributed by atoms with Gasteiger partial charge in [-0.3, -0.25) is 0 Å². The molecule has 4 nitrogen and oxygen atoms in total. The van der Waals surface area contributed by atoms with Crippen molar-refractivity contribution in [3.63, 3.8) is 0 Å². The number of nitrogens with one attached hydrogen (secondary N) is 1. The molecule has 0 spiro atoms. The highest BCUT2D eigenvalue weighted by Gasteiger charge is 2.19. The van der Waals surface area contributed by atoms with Crippen LogP contribution in [0.4, 0.5) is 10.5 Å². The zero-order valence-electron chi connectivity index (χ0n) is 12.6. The molecule has 1 rings (SSSR count). The number of carbonyl (C=O) groups is 1. The molecule has 0 aromatic heterocycles. The highest BCUT2D eigenvalue weighted by atomic mass is 16.6. The molecule has 0 bridgehead atoms. The number of benzene rings is 1. The number of hydrogen-bond donors (Lipinski definition) is 1. The summed E-state index contributed by atoms with van der Waals surface area (Å²) >= 11 is 0. The second-order valence-corrected chi connectivity index (χ2v) is 5.59. The van der Waals surface area contributed by atoms with E-state index in [4.69, 9.17) is 11.2 Å². The Morgan fingerprint density at radius 2 is 2.15 bits per heavy atom. The third-order valence-corrected chi connectivity index (χ3v) is 2.45. The molecule has 0 aliphatic rings. The standard InChI is InChI=1S/C16H22N2O2/c1-6-10-17-14-9-7-8-13(11-14)12-18(5)15(19)20-16(2,3)4/h1,7-9,11,17H,10,12H2,2-5H3. The monoisotopic (exact) mass is 274 g/mol. The van der Waals surface area contributed by atoms with Gasteiger partial charge in [-0.25, -0.2) is 4.79 Å². The van der Waals surface area contributed by atoms with Gasteiger partial charge in [0, 0.05) is 19.3 Å². The van der Waals surface area contributed by atoms with Crippen LogP contribution in [0.1, 0.15) is 26.3 Å². The molecular formula is C16H22N2O2. The van der Waals surface area contributed by atoms with Crippen molar-refractivity contribution in [3.8, 4) is 12.3 Å². The Morgan fingerprint density at radius 3 is 2.75 bits per heavy atom. The van der Waals surface area contributed by atoms with Gasteiger partial charge in [0.15, 0.2) is 0 Å². The van der Waals surface area contributed by atoms with Crippen LogP contribution in [0.5, 0.6) is 0 Å². The summed E-state index contributed by atoms with van der Waals surface area (Å²) in [5, 5.41) is 3.10. The van der Waals surface area contributed by atoms with Gasteiger partial charge in [0.2, 0.25) is 0 Å². The molecule has 0 aliphatic heterocycles. The lowest BCUT2D eigenvalue weighted by Crippen LogP contribution is -2.33. The second-order valence-electron chi connectivity index (χ2n) is 5.59. The molecule has 20 heavy (non-hydrogen) atoms. The van der Waals surface area contributed by atoms with Crippen LogP contribution in [0.2, 0.25) is 0 Å². The van der Waals surface area contributed by atoms with Crippen LogP contribution in [0, 0.1) is 12.3 Å². The SMILES string of the molecule is C#CCNc1cccc(CN(C)C(=O)OC(C)(C)C)c1. The van der Waals surface area contributed by atoms with Crippen LogP contribution >= 0.6 is 0 Å². The van der Waals surface area contributed by atoms with Crippen molar-refractivity contribution in [3.05, 3.63) is 29.8 Å². The van der Waals surface area contributed by atoms with E-state index in [0.717, 1.165) is 11.3 Å². The molecule has 1 amide bonds. The first-order valence-electron chi connectivity index (χ1n) is 6.52. The molecule has 0 heterocycles. The summed E-state index contributed by atoms with van der Waals surface area (Å²) in [6.07, 6.45) is 4.88. The van der Waals surface area contributed by atoms with Crippen molar-refractivity contribution in [2.24, 2.45) is 0 Å². The smallest absolute Gasteiger partial charge is 0.410 e. The van der Waals surface area contributed by atoms with Gasteiger partial charge < -0.3 is 15.0 Å². The summed E-state index contributed by atoms with van der Waals surface area (Å²) in [7, 11) is 1.72. The lowest BCUT2D eigenvalue weighted by Gasteiger charge is -2.24. The largest absolute Gasteiger partial charge is 0.444 e. The van der Waals surface area contributed by atoms with Crippen LogP contribution in [-0.4, -0.2) is 30.2 Å². The van der Waals surface area contributed by atoms with E-state index >= 15 is 0 Å². The molecule has 108 valence electrons. The van der Waals surface area contributed by atoms with Gasteiger partial charge in [-0.05, 0) is 38.5 Å². The first kappa shape index (κ1) is 15.9. The van der Waals surface area contributed by atoms with Crippen molar-refractivity contribution in [1.29, 1.82) is 0 Å². The van der Waals surface area contributed by atoms with Gasteiger partial charge in [0.05, 0.1) is 6.54 Å². The van der Waals surface area contributed by atoms with Crippen molar-refractivity contribution in [1.82, 2.24) is 4.90 Å². The summed E-state index contributed by atoms with van der Waals surface area (Å²) in [4.78, 5) is 13.4. The van der Waals surface area contributed by atoms with Gasteiger partial charge in [-0.15, -0.1) is 6.42 Å². The first-order chi connectivity index (χ1) is 9.31. The van der Waals surface area contributed by atoms with Crippen LogP contribution in [-0.2, 0) is 11.3 Å². The summed E-state index contributed by atoms with van der Waals surface area (Å²) in [6, 6.07) is 7.80. The fourth-order valence-electron chi connectivity index (χ4n) is 1.61. The molecule has 0 saturated heterocycles. The number of nitrogens with zero attached hydrogens (tertiary/aromatic N) is 1. The number of ether oxygens (including phenoxy) is 1. The minimum absolute atomic E-state index is 0.334. The Kier molecular flexibility index (Phi) is 5.45. The summed E-state index contributed by atoms with van der Waals surface area (Å²) in [5.41, 5.74) is 1.47. The molecule has 0 radical (unpaired) electrons. The van der Waals surface area contributed by atoms with Crippen molar-refractivity contribution >= 4 is 11.8 Å². The molecular weight excluding hydrogens is 252 g/mol. The summed E-state index contributed by atoms with van der Waals surface area (Å²) < 4.78 is 5.31. The van der Waals surface area contributed by atoms with Crippen LogP contribution in [0.15, 0.2) is 24.3 Å². The van der Waals surface area contributed by atoms with Gasteiger partial charge in [0.25, 0.3) is 0 Å². The zero-order chi connectivity index (χ0) is 15.2. The fourth-order valence-corrected chi connectivity index (χ4v) is 1.61. The molecule has 1 aromatic rings. The highest BCUT2D eigenvalue weighted by Crippen LogP contribution is 2.14. The Hall–Kier alpha value is -2.15. The van der Waals surface area contributed by atoms with E-state index in [-0.39, 0.29) is 6.09 Å². The molecule has 0 saturated carbocycles. The molecule has 0 atom stereocenters. The number of anilines is 1. The van der Waals surface area contributed by atoms with E-state index in [2.05, 4.69) is 11.2 Å². The Balaban J connectivity index is 2.64. The third-order valence-electron chi connectivity index (χ3n) is 2.45. The fraction of sp³-hybridized carbons (Fsp3) is 0.438. The quantitative estimate of drug-likeness (QED) is 0.858. The lowest BCUT2D eigenvalue weighted by atomic mass is 10.2. The van der Waals surface area contributed by atoms with Gasteiger partial charge >= 0.3 is 6.09 Å². The van der Waals surface area contributed by atoms with E-state index in [1.54, 1.807) is 11.9 Å². The van der Waals surface area contributed by atoms with Crippen molar-refractivity contribution in [2.75, 3.05) is 18.9 Å². The van der Waals surface area contributed by atoms with Gasteiger partial charge in [-0.1, -0.05) is 18.1 Å². The van der Waals surface area contributed by atoms with E-state index in [1.165, 1.54) is 0 Å². The number of terminal acetylenes is 1. The van der Waals surface area contributed by atoms with Crippen LogP contribution in [0.25, 0.3) is 0 Å². The third kappa shape index (κ3) is 5.66. The molecule has 4 heteroatoms. The zero-order valence-corrected chi connectivity index (χ0v) is 12.6. The molecule has 0 aliphatic carbocycles. The first-order valence-corrected chi connectivity index (χ1v) is 6.52. The normalized spacial score (nSPS) is 10.6. The number of rotatable bonds is 4. The average molecular weight is 274 g/mol. The van der Waals surface area contributed by atoms with E-state index in [0.29, 0.717) is 13.1 Å².